The first kappa shape index (κ1) is 13.1. The van der Waals surface area contributed by atoms with Crippen molar-refractivity contribution < 1.29 is 26.2 Å². The van der Waals surface area contributed by atoms with Crippen molar-refractivity contribution >= 4 is 14.9 Å². The SMILES string of the molecule is [2H]C([2H])([2H])c1cc(C)cc(Oc2cc(Oc3cc(O[Si]c4ccccc4)cc(C([2H])([2H])[2H])c3)cc(C([2H])([2H])[2H])c2)c1. The molecule has 0 aliphatic heterocycles. The molecule has 0 N–H and O–H groups in total. The summed E-state index contributed by atoms with van der Waals surface area (Å²) >= 11 is 0. The monoisotopic (exact) mass is 447 g/mol. The van der Waals surface area contributed by atoms with E-state index in [2.05, 4.69) is 0 Å². The summed E-state index contributed by atoms with van der Waals surface area (Å²) in [4.78, 5) is 0. The van der Waals surface area contributed by atoms with E-state index in [0.29, 0.717) is 5.56 Å². The normalized spacial score (nSPS) is 16.0. The highest BCUT2D eigenvalue weighted by molar-refractivity contribution is 6.47. The molecule has 0 heterocycles. The molecule has 0 aliphatic carbocycles. The Balaban J connectivity index is 1.69. The lowest BCUT2D eigenvalue weighted by Gasteiger charge is -2.13. The van der Waals surface area contributed by atoms with Gasteiger partial charge in [-0.2, -0.15) is 0 Å². The Kier molecular flexibility index (Phi) is 4.00. The zero-order valence-corrected chi connectivity index (χ0v) is 18.3. The van der Waals surface area contributed by atoms with Gasteiger partial charge in [0.25, 0.3) is 0 Å². The molecule has 4 rings (SSSR count). The molecule has 0 bridgehead atoms. The van der Waals surface area contributed by atoms with Gasteiger partial charge in [0.05, 0.1) is 0 Å². The average Bonchev–Trinajstić information content (AvgIpc) is 2.86. The highest BCUT2D eigenvalue weighted by Gasteiger charge is 2.08. The van der Waals surface area contributed by atoms with E-state index in [9.17, 15) is 0 Å². The van der Waals surface area contributed by atoms with Gasteiger partial charge in [0.15, 0.2) is 0 Å². The maximum atomic E-state index is 7.92. The zero-order chi connectivity index (χ0) is 30.0. The topological polar surface area (TPSA) is 27.7 Å². The van der Waals surface area contributed by atoms with Crippen LogP contribution in [0.3, 0.4) is 0 Å². The van der Waals surface area contributed by atoms with Crippen molar-refractivity contribution in [3.8, 4) is 28.7 Å². The van der Waals surface area contributed by atoms with Crippen LogP contribution in [0.4, 0.5) is 0 Å². The van der Waals surface area contributed by atoms with Crippen LogP contribution in [0.5, 0.6) is 28.7 Å². The van der Waals surface area contributed by atoms with Gasteiger partial charge in [-0.25, -0.2) is 0 Å². The number of hydrogen-bond acceptors (Lipinski definition) is 3. The van der Waals surface area contributed by atoms with Crippen LogP contribution in [0.15, 0.2) is 84.9 Å². The molecule has 0 aliphatic rings. The van der Waals surface area contributed by atoms with Crippen molar-refractivity contribution in [2.45, 2.75) is 27.5 Å². The molecule has 3 nitrogen and oxygen atoms in total. The minimum Gasteiger partial charge on any atom is -0.536 e. The first-order valence-corrected chi connectivity index (χ1v) is 10.7. The Morgan fingerprint density at radius 1 is 0.562 bits per heavy atom. The highest BCUT2D eigenvalue weighted by Crippen LogP contribution is 2.32. The van der Waals surface area contributed by atoms with Gasteiger partial charge in [0, 0.05) is 24.5 Å². The van der Waals surface area contributed by atoms with Gasteiger partial charge in [0.2, 0.25) is 0 Å². The summed E-state index contributed by atoms with van der Waals surface area (Å²) in [6, 6.07) is 22.3. The van der Waals surface area contributed by atoms with E-state index >= 15 is 0 Å². The van der Waals surface area contributed by atoms with E-state index in [1.54, 1.807) is 13.0 Å². The van der Waals surface area contributed by atoms with Crippen molar-refractivity contribution in [3.05, 3.63) is 107 Å². The van der Waals surface area contributed by atoms with Gasteiger partial charge in [-0.05, 0) is 91.3 Å². The first-order valence-electron chi connectivity index (χ1n) is 14.3. The van der Waals surface area contributed by atoms with Crippen molar-refractivity contribution in [3.63, 3.8) is 0 Å². The fourth-order valence-electron chi connectivity index (χ4n) is 3.08. The van der Waals surface area contributed by atoms with E-state index < -0.39 is 20.6 Å². The molecule has 4 aromatic carbocycles. The highest BCUT2D eigenvalue weighted by atomic mass is 28.2. The molecule has 0 saturated heterocycles. The van der Waals surface area contributed by atoms with E-state index in [4.69, 9.17) is 26.2 Å². The van der Waals surface area contributed by atoms with Crippen LogP contribution in [-0.2, 0) is 0 Å². The summed E-state index contributed by atoms with van der Waals surface area (Å²) in [5.74, 6) is 0.796. The maximum absolute atomic E-state index is 7.92. The molecule has 0 atom stereocenters. The summed E-state index contributed by atoms with van der Waals surface area (Å²) in [7, 11) is -0.0820. The standard InChI is InChI=1S/C28H26O3Si/c1-19-10-20(2)12-23(11-19)29-24-13-21(3)14-25(17-24)30-26-15-22(4)16-27(18-26)31-32-28-8-6-5-7-9-28/h5-18H,1-4H3/i1D3,3D3,4D3. The van der Waals surface area contributed by atoms with Crippen molar-refractivity contribution in [2.24, 2.45) is 0 Å². The molecule has 2 radical (unpaired) electrons. The first-order chi connectivity index (χ1) is 19.1. The lowest BCUT2D eigenvalue weighted by molar-refractivity contribution is 0.457. The molecule has 0 spiro atoms. The molecule has 160 valence electrons. The zero-order valence-electron chi connectivity index (χ0n) is 26.3. The van der Waals surface area contributed by atoms with Crippen LogP contribution in [0, 0.1) is 27.5 Å². The van der Waals surface area contributed by atoms with Gasteiger partial charge >= 0.3 is 9.76 Å². The minimum absolute atomic E-state index is 0.0109. The Labute approximate surface area is 205 Å². The van der Waals surface area contributed by atoms with E-state index in [0.717, 1.165) is 5.19 Å². The molecule has 0 fully saturated rings. The second-order valence-corrected chi connectivity index (χ2v) is 8.18. The Morgan fingerprint density at radius 3 is 1.62 bits per heavy atom. The van der Waals surface area contributed by atoms with Gasteiger partial charge in [-0.3, -0.25) is 0 Å². The second-order valence-electron chi connectivity index (χ2n) is 7.20. The second kappa shape index (κ2) is 9.75. The van der Waals surface area contributed by atoms with Crippen molar-refractivity contribution in [2.75, 3.05) is 0 Å². The predicted molar refractivity (Wildman–Crippen MR) is 131 cm³/mol. The van der Waals surface area contributed by atoms with Crippen LogP contribution < -0.4 is 19.1 Å². The van der Waals surface area contributed by atoms with E-state index in [1.165, 1.54) is 48.5 Å². The van der Waals surface area contributed by atoms with E-state index in [1.807, 2.05) is 30.3 Å². The number of benzene rings is 4. The molecule has 0 unspecified atom stereocenters. The van der Waals surface area contributed by atoms with Gasteiger partial charge < -0.3 is 13.9 Å². The van der Waals surface area contributed by atoms with Crippen LogP contribution in [-0.4, -0.2) is 9.76 Å². The average molecular weight is 448 g/mol. The summed E-state index contributed by atoms with van der Waals surface area (Å²) in [6.07, 6.45) is 0. The van der Waals surface area contributed by atoms with Gasteiger partial charge in [-0.1, -0.05) is 36.4 Å². The summed E-state index contributed by atoms with van der Waals surface area (Å²) in [6.45, 7) is -5.59. The lowest BCUT2D eigenvalue weighted by Crippen LogP contribution is -2.19. The Bertz CT molecular complexity index is 1520. The fourth-order valence-corrected chi connectivity index (χ4v) is 3.76. The number of hydrogen-bond donors (Lipinski definition) is 0. The van der Waals surface area contributed by atoms with Gasteiger partial charge in [0.1, 0.15) is 28.7 Å². The minimum atomic E-state index is -2.51. The van der Waals surface area contributed by atoms with E-state index in [-0.39, 0.29) is 55.2 Å². The van der Waals surface area contributed by atoms with Crippen LogP contribution in [0.1, 0.15) is 34.6 Å². The Hall–Kier alpha value is -3.50. The predicted octanol–water partition coefficient (Wildman–Crippen LogP) is 6.83. The molecule has 4 heteroatoms. The largest absolute Gasteiger partial charge is 0.536 e. The van der Waals surface area contributed by atoms with Crippen molar-refractivity contribution in [1.29, 1.82) is 0 Å². The number of aryl methyl sites for hydroxylation is 4. The third kappa shape index (κ3) is 6.02. The van der Waals surface area contributed by atoms with Crippen LogP contribution >= 0.6 is 0 Å². The number of ether oxygens (including phenoxy) is 2. The maximum Gasteiger partial charge on any atom is 0.351 e. The molecule has 0 saturated carbocycles. The Morgan fingerprint density at radius 2 is 1.03 bits per heavy atom. The summed E-state index contributed by atoms with van der Waals surface area (Å²) < 4.78 is 88.3. The molecule has 0 amide bonds. The third-order valence-electron chi connectivity index (χ3n) is 4.34. The lowest BCUT2D eigenvalue weighted by atomic mass is 10.1. The molecule has 4 aromatic rings. The summed E-state index contributed by atoms with van der Waals surface area (Å²) in [5.41, 5.74) is 0.648. The van der Waals surface area contributed by atoms with Gasteiger partial charge in [-0.15, -0.1) is 0 Å². The molecular weight excluding hydrogens is 412 g/mol. The molecule has 0 aromatic heterocycles. The summed E-state index contributed by atoms with van der Waals surface area (Å²) in [5, 5.41) is 0.916. The molecule has 32 heavy (non-hydrogen) atoms. The molecular formula is C28H26O3Si. The van der Waals surface area contributed by atoms with Crippen LogP contribution in [0.2, 0.25) is 0 Å². The smallest absolute Gasteiger partial charge is 0.351 e. The quantitative estimate of drug-likeness (QED) is 0.291. The number of rotatable bonds is 7. The van der Waals surface area contributed by atoms with Crippen LogP contribution in [0.25, 0.3) is 0 Å². The van der Waals surface area contributed by atoms with Crippen molar-refractivity contribution in [1.82, 2.24) is 0 Å². The third-order valence-corrected chi connectivity index (χ3v) is 5.25. The fraction of sp³-hybridized carbons (Fsp3) is 0.143.